The molecule has 0 saturated heterocycles. The van der Waals surface area contributed by atoms with Gasteiger partial charge in [-0.15, -0.1) is 0 Å². The smallest absolute Gasteiger partial charge is 0.668 e. The van der Waals surface area contributed by atoms with Gasteiger partial charge < -0.3 is 13.9 Å². The van der Waals surface area contributed by atoms with Gasteiger partial charge in [-0.3, -0.25) is 0 Å². The van der Waals surface area contributed by atoms with Crippen LogP contribution < -0.4 is 0 Å². The van der Waals surface area contributed by atoms with Gasteiger partial charge in [0, 0.05) is 0 Å². The van der Waals surface area contributed by atoms with Crippen molar-refractivity contribution in [2.24, 2.45) is 0 Å². The van der Waals surface area contributed by atoms with Crippen molar-refractivity contribution in [3.05, 3.63) is 13.9 Å². The molecular weight excluding hydrogens is 584 g/mol. The van der Waals surface area contributed by atoms with Gasteiger partial charge in [-0.25, -0.2) is 0 Å². The Morgan fingerprint density at radius 3 is 0.321 bits per heavy atom. The van der Waals surface area contributed by atoms with E-state index in [9.17, 15) is 0 Å². The Bertz CT molecular complexity index is 297. The molecule has 0 aliphatic heterocycles. The molecule has 0 spiro atoms. The molecule has 0 aromatic rings. The van der Waals surface area contributed by atoms with Crippen molar-refractivity contribution in [1.29, 1.82) is 0 Å². The van der Waals surface area contributed by atoms with Gasteiger partial charge in [-0.05, 0) is 0 Å². The van der Waals surface area contributed by atoms with Gasteiger partial charge in [0.25, 0.3) is 0 Å². The topological polar surface area (TPSA) is 42.3 Å². The summed E-state index contributed by atoms with van der Waals surface area (Å²) < 4.78 is 14.5. The Kier molecular flexibility index (Phi) is 18.8. The summed E-state index contributed by atoms with van der Waals surface area (Å²) in [7, 11) is -6.64. The van der Waals surface area contributed by atoms with E-state index in [-0.39, 0.29) is 39.9 Å². The molecule has 0 unspecified atom stereocenters. The molecule has 0 N–H and O–H groups in total. The number of hydrogen-bond donors (Lipinski definition) is 0. The fraction of sp³-hybridized carbons (Fsp3) is 1.00. The van der Waals surface area contributed by atoms with Crippen LogP contribution in [0.25, 0.3) is 13.9 Å². The van der Waals surface area contributed by atoms with E-state index in [0.29, 0.717) is 0 Å². The van der Waals surface area contributed by atoms with E-state index in [1.807, 2.05) is 0 Å². The van der Waals surface area contributed by atoms with Crippen LogP contribution in [-0.4, -0.2) is 49.4 Å². The Morgan fingerprint density at radius 1 is 0.250 bits per heavy atom. The average Bonchev–Trinajstić information content (AvgIpc) is 1.96. The monoisotopic (exact) mass is 638 g/mol. The summed E-state index contributed by atoms with van der Waals surface area (Å²) in [5.74, 6) is 0. The number of rotatable bonds is 6. The third-order valence-corrected chi connectivity index (χ3v) is 18.1. The maximum Gasteiger partial charge on any atom is 3.00 e. The molecule has 10 heteroatoms. The molecule has 0 atom stereocenters. The predicted molar refractivity (Wildman–Crippen MR) is 150 cm³/mol. The van der Waals surface area contributed by atoms with Crippen LogP contribution in [0.15, 0.2) is 0 Å². The van der Waals surface area contributed by atoms with E-state index in [1.54, 1.807) is 0 Å². The zero-order valence-corrected chi connectivity index (χ0v) is 31.0. The second kappa shape index (κ2) is 13.9. The standard InChI is InChI=1S/3C6H18NSi2.Gd/c3*1-8(2,3)7-9(4,5)6;/h3*1-6H3;/q3*-1;+3. The predicted octanol–water partition coefficient (Wildman–Crippen LogP) is 9.09. The summed E-state index contributed by atoms with van der Waals surface area (Å²) in [6.45, 7) is 41.3. The molecule has 0 heterocycles. The molecule has 0 fully saturated rings. The van der Waals surface area contributed by atoms with Gasteiger partial charge in [-0.1, -0.05) is 167 Å². The summed E-state index contributed by atoms with van der Waals surface area (Å²) in [5.41, 5.74) is 0. The van der Waals surface area contributed by atoms with Gasteiger partial charge in [-0.2, -0.15) is 0 Å². The Morgan fingerprint density at radius 2 is 0.321 bits per heavy atom. The van der Waals surface area contributed by atoms with Crippen molar-refractivity contribution in [2.45, 2.75) is 118 Å². The van der Waals surface area contributed by atoms with Gasteiger partial charge in [0.15, 0.2) is 0 Å². The molecule has 3 nitrogen and oxygen atoms in total. The summed E-state index contributed by atoms with van der Waals surface area (Å²) in [6, 6.07) is 0. The average molecular weight is 638 g/mol. The minimum atomic E-state index is -1.11. The van der Waals surface area contributed by atoms with Crippen molar-refractivity contribution >= 4 is 49.4 Å². The maximum atomic E-state index is 4.82. The van der Waals surface area contributed by atoms with Crippen LogP contribution in [0, 0.1) is 39.9 Å². The van der Waals surface area contributed by atoms with Crippen LogP contribution in [0.4, 0.5) is 0 Å². The molecule has 0 aliphatic rings. The van der Waals surface area contributed by atoms with Crippen LogP contribution in [0.2, 0.25) is 118 Å². The Labute approximate surface area is 219 Å². The molecule has 28 heavy (non-hydrogen) atoms. The zero-order chi connectivity index (χ0) is 23.1. The molecule has 0 bridgehead atoms. The summed E-state index contributed by atoms with van der Waals surface area (Å²) in [4.78, 5) is 0. The molecule has 0 rings (SSSR count). The van der Waals surface area contributed by atoms with Crippen molar-refractivity contribution < 1.29 is 39.9 Å². The zero-order valence-electron chi connectivity index (χ0n) is 22.7. The summed E-state index contributed by atoms with van der Waals surface area (Å²) in [5, 5.41) is 0. The molecule has 173 valence electrons. The minimum absolute atomic E-state index is 0. The second-order valence-electron chi connectivity index (χ2n) is 13.4. The summed E-state index contributed by atoms with van der Waals surface area (Å²) >= 11 is 0. The van der Waals surface area contributed by atoms with E-state index < -0.39 is 49.4 Å². The molecule has 0 aromatic carbocycles. The van der Waals surface area contributed by atoms with E-state index >= 15 is 0 Å². The molecular formula is C18H54GdN3Si6. The van der Waals surface area contributed by atoms with Gasteiger partial charge in [0.05, 0.1) is 0 Å². The Hall–Kier alpha value is 2.51. The Balaban J connectivity index is -0.000000152. The molecule has 0 aromatic heterocycles. The van der Waals surface area contributed by atoms with Crippen molar-refractivity contribution in [1.82, 2.24) is 0 Å². The van der Waals surface area contributed by atoms with Gasteiger partial charge >= 0.3 is 39.9 Å². The van der Waals surface area contributed by atoms with E-state index in [2.05, 4.69) is 118 Å². The van der Waals surface area contributed by atoms with E-state index in [0.717, 1.165) is 0 Å². The first-order valence-corrected chi connectivity index (χ1v) is 31.0. The number of nitrogens with zero attached hydrogens (tertiary/aromatic N) is 3. The third kappa shape index (κ3) is 51.3. The number of hydrogen-bond acceptors (Lipinski definition) is 0. The van der Waals surface area contributed by atoms with Crippen LogP contribution >= 0.6 is 0 Å². The fourth-order valence-electron chi connectivity index (χ4n) is 3.02. The third-order valence-electron chi connectivity index (χ3n) is 2.01. The van der Waals surface area contributed by atoms with Crippen LogP contribution in [0.1, 0.15) is 0 Å². The van der Waals surface area contributed by atoms with E-state index in [1.165, 1.54) is 0 Å². The van der Waals surface area contributed by atoms with Crippen LogP contribution in [0.5, 0.6) is 0 Å². The maximum absolute atomic E-state index is 4.82. The first-order chi connectivity index (χ1) is 11.1. The first kappa shape index (κ1) is 37.8. The molecule has 1 radical (unpaired) electrons. The van der Waals surface area contributed by atoms with Crippen LogP contribution in [0.3, 0.4) is 0 Å². The first-order valence-electron chi connectivity index (χ1n) is 10.3. The SMILES string of the molecule is C[Si](C)(C)[N-][Si](C)(C)C.C[Si](C)(C)[N-][Si](C)(C)C.C[Si](C)(C)[N-][Si](C)(C)C.[Gd+3]. The normalized spacial score (nSPS) is 13.5. The van der Waals surface area contributed by atoms with E-state index in [4.69, 9.17) is 13.9 Å². The fourth-order valence-corrected chi connectivity index (χ4v) is 27.2. The largest absolute Gasteiger partial charge is 3.00 e. The van der Waals surface area contributed by atoms with Crippen molar-refractivity contribution in [2.75, 3.05) is 0 Å². The van der Waals surface area contributed by atoms with Gasteiger partial charge in [0.1, 0.15) is 0 Å². The van der Waals surface area contributed by atoms with Crippen molar-refractivity contribution in [3.63, 3.8) is 0 Å². The molecule has 0 aliphatic carbocycles. The minimum Gasteiger partial charge on any atom is -0.668 e. The second-order valence-corrected chi connectivity index (χ2v) is 42.1. The van der Waals surface area contributed by atoms with Gasteiger partial charge in [0.2, 0.25) is 0 Å². The molecule has 0 saturated carbocycles. The molecule has 0 amide bonds. The van der Waals surface area contributed by atoms with Crippen LogP contribution in [-0.2, 0) is 0 Å². The van der Waals surface area contributed by atoms with Crippen molar-refractivity contribution in [3.8, 4) is 0 Å². The quantitative estimate of drug-likeness (QED) is 0.261. The summed E-state index contributed by atoms with van der Waals surface area (Å²) in [6.07, 6.45) is 0.